The van der Waals surface area contributed by atoms with Gasteiger partial charge >= 0.3 is 5.97 Å². The number of piperazine rings is 1. The van der Waals surface area contributed by atoms with Crippen LogP contribution in [-0.4, -0.2) is 61.3 Å². The predicted molar refractivity (Wildman–Crippen MR) is 142 cm³/mol. The zero-order valence-corrected chi connectivity index (χ0v) is 21.7. The molecular formula is C28H35FN4O3. The third-order valence-electron chi connectivity index (χ3n) is 6.51. The SMILES string of the molecule is CCOC(=O)c1cnc2cc(OCC)c(N3CCN(C(C)C)CC3)cc2c1Nc1cc(C)ccc1F. The first-order valence-corrected chi connectivity index (χ1v) is 12.6. The quantitative estimate of drug-likeness (QED) is 0.413. The molecule has 2 heterocycles. The number of nitrogens with one attached hydrogen (secondary N) is 1. The number of esters is 1. The smallest absolute Gasteiger partial charge is 0.341 e. The van der Waals surface area contributed by atoms with Crippen molar-refractivity contribution in [3.05, 3.63) is 53.5 Å². The molecule has 0 unspecified atom stereocenters. The number of carbonyl (C=O) groups is 1. The second kappa shape index (κ2) is 11.1. The summed E-state index contributed by atoms with van der Waals surface area (Å²) in [6.07, 6.45) is 1.48. The monoisotopic (exact) mass is 494 g/mol. The largest absolute Gasteiger partial charge is 0.492 e. The molecule has 0 amide bonds. The summed E-state index contributed by atoms with van der Waals surface area (Å²) in [6, 6.07) is 9.23. The van der Waals surface area contributed by atoms with Gasteiger partial charge in [-0.05, 0) is 58.4 Å². The Morgan fingerprint density at radius 2 is 1.86 bits per heavy atom. The highest BCUT2D eigenvalue weighted by atomic mass is 19.1. The van der Waals surface area contributed by atoms with Gasteiger partial charge in [0.25, 0.3) is 0 Å². The topological polar surface area (TPSA) is 66.9 Å². The van der Waals surface area contributed by atoms with Gasteiger partial charge in [-0.15, -0.1) is 0 Å². The molecule has 0 spiro atoms. The number of rotatable bonds is 8. The van der Waals surface area contributed by atoms with Gasteiger partial charge in [-0.1, -0.05) is 6.07 Å². The van der Waals surface area contributed by atoms with Crippen molar-refractivity contribution in [3.63, 3.8) is 0 Å². The number of benzene rings is 2. The van der Waals surface area contributed by atoms with E-state index in [2.05, 4.69) is 33.9 Å². The first-order valence-electron chi connectivity index (χ1n) is 12.6. The third kappa shape index (κ3) is 5.38. The summed E-state index contributed by atoms with van der Waals surface area (Å²) in [5, 5.41) is 3.88. The van der Waals surface area contributed by atoms with Crippen LogP contribution in [-0.2, 0) is 4.74 Å². The fraction of sp³-hybridized carbons (Fsp3) is 0.429. The van der Waals surface area contributed by atoms with Crippen molar-refractivity contribution in [2.24, 2.45) is 0 Å². The Bertz CT molecular complexity index is 1240. The van der Waals surface area contributed by atoms with E-state index >= 15 is 0 Å². The number of carbonyl (C=O) groups excluding carboxylic acids is 1. The van der Waals surface area contributed by atoms with Crippen molar-refractivity contribution >= 4 is 33.9 Å². The normalized spacial score (nSPS) is 14.4. The number of ether oxygens (including phenoxy) is 2. The van der Waals surface area contributed by atoms with Gasteiger partial charge in [-0.2, -0.15) is 0 Å². The highest BCUT2D eigenvalue weighted by Crippen LogP contribution is 2.39. The molecule has 1 aliphatic rings. The summed E-state index contributed by atoms with van der Waals surface area (Å²) >= 11 is 0. The number of pyridine rings is 1. The Morgan fingerprint density at radius 3 is 2.53 bits per heavy atom. The highest BCUT2D eigenvalue weighted by Gasteiger charge is 2.24. The number of hydrogen-bond donors (Lipinski definition) is 1. The van der Waals surface area contributed by atoms with Gasteiger partial charge in [-0.3, -0.25) is 9.88 Å². The van der Waals surface area contributed by atoms with Gasteiger partial charge in [0.1, 0.15) is 17.1 Å². The van der Waals surface area contributed by atoms with Crippen molar-refractivity contribution in [2.45, 2.75) is 40.7 Å². The van der Waals surface area contributed by atoms with Crippen LogP contribution in [0.4, 0.5) is 21.5 Å². The fourth-order valence-electron chi connectivity index (χ4n) is 4.57. The van der Waals surface area contributed by atoms with Crippen LogP contribution in [0.2, 0.25) is 0 Å². The highest BCUT2D eigenvalue weighted by molar-refractivity contribution is 6.07. The molecule has 1 aromatic heterocycles. The summed E-state index contributed by atoms with van der Waals surface area (Å²) in [7, 11) is 0. The molecule has 7 nitrogen and oxygen atoms in total. The second-order valence-corrected chi connectivity index (χ2v) is 9.26. The fourth-order valence-corrected chi connectivity index (χ4v) is 4.57. The van der Waals surface area contributed by atoms with E-state index in [-0.39, 0.29) is 17.9 Å². The van der Waals surface area contributed by atoms with E-state index in [9.17, 15) is 9.18 Å². The summed E-state index contributed by atoms with van der Waals surface area (Å²) in [5.74, 6) is -0.174. The van der Waals surface area contributed by atoms with Gasteiger partial charge < -0.3 is 19.7 Å². The lowest BCUT2D eigenvalue weighted by Crippen LogP contribution is -2.49. The number of fused-ring (bicyclic) bond motifs is 1. The minimum atomic E-state index is -0.511. The molecule has 1 saturated heterocycles. The zero-order valence-electron chi connectivity index (χ0n) is 21.7. The van der Waals surface area contributed by atoms with Gasteiger partial charge in [0.05, 0.1) is 35.8 Å². The summed E-state index contributed by atoms with van der Waals surface area (Å²) in [6.45, 7) is 14.4. The van der Waals surface area contributed by atoms with Crippen molar-refractivity contribution in [1.29, 1.82) is 0 Å². The van der Waals surface area contributed by atoms with Crippen LogP contribution >= 0.6 is 0 Å². The molecule has 36 heavy (non-hydrogen) atoms. The molecule has 0 atom stereocenters. The molecule has 0 saturated carbocycles. The van der Waals surface area contributed by atoms with Crippen LogP contribution in [0.3, 0.4) is 0 Å². The van der Waals surface area contributed by atoms with E-state index in [1.54, 1.807) is 19.1 Å². The second-order valence-electron chi connectivity index (χ2n) is 9.26. The maximum Gasteiger partial charge on any atom is 0.341 e. The van der Waals surface area contributed by atoms with Crippen LogP contribution < -0.4 is 15.0 Å². The van der Waals surface area contributed by atoms with Crippen molar-refractivity contribution in [1.82, 2.24) is 9.88 Å². The standard InChI is InChI=1S/C28H35FN4O3/c1-6-35-26-16-23-20(15-25(26)33-12-10-32(11-13-33)18(3)4)27(21(17-30-23)28(34)36-7-2)31-24-14-19(5)8-9-22(24)29/h8-9,14-18H,6-7,10-13H2,1-5H3,(H,30,31). The minimum Gasteiger partial charge on any atom is -0.492 e. The summed E-state index contributed by atoms with van der Waals surface area (Å²) in [5.41, 5.74) is 3.49. The molecule has 0 aliphatic carbocycles. The Balaban J connectivity index is 1.86. The lowest BCUT2D eigenvalue weighted by molar-refractivity contribution is 0.0527. The maximum absolute atomic E-state index is 14.7. The number of nitrogens with zero attached hydrogens (tertiary/aromatic N) is 3. The zero-order chi connectivity index (χ0) is 25.8. The lowest BCUT2D eigenvalue weighted by Gasteiger charge is -2.38. The first kappa shape index (κ1) is 25.7. The van der Waals surface area contributed by atoms with Crippen molar-refractivity contribution in [3.8, 4) is 5.75 Å². The van der Waals surface area contributed by atoms with E-state index in [0.29, 0.717) is 29.2 Å². The molecule has 3 aromatic rings. The van der Waals surface area contributed by atoms with E-state index in [0.717, 1.165) is 43.2 Å². The number of halogens is 1. The molecule has 0 bridgehead atoms. The van der Waals surface area contributed by atoms with E-state index < -0.39 is 11.8 Å². The Labute approximate surface area is 212 Å². The number of anilines is 3. The first-order chi connectivity index (χ1) is 17.3. The molecule has 2 aromatic carbocycles. The van der Waals surface area contributed by atoms with Crippen LogP contribution in [0.15, 0.2) is 36.5 Å². The van der Waals surface area contributed by atoms with Crippen molar-refractivity contribution in [2.75, 3.05) is 49.6 Å². The average Bonchev–Trinajstić information content (AvgIpc) is 2.86. The van der Waals surface area contributed by atoms with Gasteiger partial charge in [-0.25, -0.2) is 9.18 Å². The Kier molecular flexibility index (Phi) is 7.94. The molecule has 1 N–H and O–H groups in total. The number of aryl methyl sites for hydroxylation is 1. The molecule has 8 heteroatoms. The molecular weight excluding hydrogens is 459 g/mol. The summed E-state index contributed by atoms with van der Waals surface area (Å²) in [4.78, 5) is 22.2. The Morgan fingerprint density at radius 1 is 1.11 bits per heavy atom. The van der Waals surface area contributed by atoms with Crippen LogP contribution in [0.1, 0.15) is 43.6 Å². The van der Waals surface area contributed by atoms with Gasteiger partial charge in [0.2, 0.25) is 0 Å². The van der Waals surface area contributed by atoms with E-state index in [4.69, 9.17) is 9.47 Å². The van der Waals surface area contributed by atoms with E-state index in [1.165, 1.54) is 12.3 Å². The van der Waals surface area contributed by atoms with Crippen LogP contribution in [0.25, 0.3) is 10.9 Å². The maximum atomic E-state index is 14.7. The molecule has 1 fully saturated rings. The Hall–Kier alpha value is -3.39. The number of aromatic nitrogens is 1. The predicted octanol–water partition coefficient (Wildman–Crippen LogP) is 5.53. The van der Waals surface area contributed by atoms with Crippen LogP contribution in [0, 0.1) is 12.7 Å². The van der Waals surface area contributed by atoms with Gasteiger partial charge in [0.15, 0.2) is 0 Å². The minimum absolute atomic E-state index is 0.226. The third-order valence-corrected chi connectivity index (χ3v) is 6.51. The van der Waals surface area contributed by atoms with Crippen LogP contribution in [0.5, 0.6) is 5.75 Å². The molecule has 4 rings (SSSR count). The molecule has 1 aliphatic heterocycles. The molecule has 192 valence electrons. The van der Waals surface area contributed by atoms with Gasteiger partial charge in [0, 0.05) is 49.9 Å². The molecule has 0 radical (unpaired) electrons. The number of hydrogen-bond acceptors (Lipinski definition) is 7. The van der Waals surface area contributed by atoms with E-state index in [1.807, 2.05) is 26.0 Å². The van der Waals surface area contributed by atoms with Crippen molar-refractivity contribution < 1.29 is 18.7 Å². The summed E-state index contributed by atoms with van der Waals surface area (Å²) < 4.78 is 26.1. The average molecular weight is 495 g/mol. The lowest BCUT2D eigenvalue weighted by atomic mass is 10.1.